The van der Waals surface area contributed by atoms with Crippen LogP contribution in [0, 0.1) is 0 Å². The molecule has 0 bridgehead atoms. The lowest BCUT2D eigenvalue weighted by atomic mass is 9.94. The lowest BCUT2D eigenvalue weighted by Crippen LogP contribution is -2.38. The number of anilines is 4. The summed E-state index contributed by atoms with van der Waals surface area (Å²) in [5.41, 5.74) is 8.21. The van der Waals surface area contributed by atoms with E-state index in [-0.39, 0.29) is 17.7 Å². The Morgan fingerprint density at radius 2 is 1.73 bits per heavy atom. The Labute approximate surface area is 213 Å². The Kier molecular flexibility index (Phi) is 6.76. The fourth-order valence-corrected chi connectivity index (χ4v) is 4.45. The molecule has 4 aromatic rings. The number of fused-ring (bicyclic) bond motifs is 1. The molecule has 0 spiro atoms. The van der Waals surface area contributed by atoms with Crippen LogP contribution >= 0.6 is 0 Å². The predicted octanol–water partition coefficient (Wildman–Crippen LogP) is 4.46. The van der Waals surface area contributed by atoms with Gasteiger partial charge in [0.05, 0.1) is 16.8 Å². The number of primary amides is 1. The van der Waals surface area contributed by atoms with E-state index >= 15 is 0 Å². The third-order valence-corrected chi connectivity index (χ3v) is 6.25. The number of ketones is 1. The Hall–Kier alpha value is -4.79. The monoisotopic (exact) mass is 494 g/mol. The Morgan fingerprint density at radius 3 is 2.57 bits per heavy atom. The van der Waals surface area contributed by atoms with Crippen molar-refractivity contribution in [2.45, 2.75) is 31.7 Å². The van der Waals surface area contributed by atoms with Gasteiger partial charge in [0.25, 0.3) is 11.8 Å². The van der Waals surface area contributed by atoms with Crippen molar-refractivity contribution in [1.82, 2.24) is 15.3 Å². The predicted molar refractivity (Wildman–Crippen MR) is 142 cm³/mol. The molecule has 1 aliphatic carbocycles. The third kappa shape index (κ3) is 5.56. The molecule has 5 rings (SSSR count). The summed E-state index contributed by atoms with van der Waals surface area (Å²) < 4.78 is 0. The molecule has 1 unspecified atom stereocenters. The van der Waals surface area contributed by atoms with Crippen molar-refractivity contribution < 1.29 is 14.4 Å². The van der Waals surface area contributed by atoms with Gasteiger partial charge in [-0.1, -0.05) is 30.3 Å². The van der Waals surface area contributed by atoms with Crippen LogP contribution in [-0.4, -0.2) is 33.6 Å². The Morgan fingerprint density at radius 1 is 0.919 bits per heavy atom. The number of nitrogens with two attached hydrogens (primary N) is 1. The molecule has 9 heteroatoms. The lowest BCUT2D eigenvalue weighted by molar-refractivity contribution is -0.120. The zero-order chi connectivity index (χ0) is 25.8. The number of aromatic nitrogens is 2. The molecule has 5 N–H and O–H groups in total. The van der Waals surface area contributed by atoms with Crippen LogP contribution in [0.1, 0.15) is 46.4 Å². The average Bonchev–Trinajstić information content (AvgIpc) is 2.89. The van der Waals surface area contributed by atoms with E-state index in [1.165, 1.54) is 0 Å². The van der Waals surface area contributed by atoms with Gasteiger partial charge in [0, 0.05) is 35.5 Å². The summed E-state index contributed by atoms with van der Waals surface area (Å²) >= 11 is 0. The first-order valence-corrected chi connectivity index (χ1v) is 12.1. The number of rotatable bonds is 7. The van der Waals surface area contributed by atoms with Gasteiger partial charge in [-0.15, -0.1) is 0 Å². The van der Waals surface area contributed by atoms with Crippen molar-refractivity contribution in [1.29, 1.82) is 0 Å². The number of para-hydroxylation sites is 2. The first-order chi connectivity index (χ1) is 18.0. The van der Waals surface area contributed by atoms with E-state index in [1.807, 2.05) is 30.3 Å². The molecule has 1 aliphatic rings. The summed E-state index contributed by atoms with van der Waals surface area (Å²) in [5, 5.41) is 10.1. The van der Waals surface area contributed by atoms with Gasteiger partial charge in [-0.3, -0.25) is 14.4 Å². The molecule has 37 heavy (non-hydrogen) atoms. The van der Waals surface area contributed by atoms with Crippen LogP contribution < -0.4 is 21.7 Å². The molecule has 1 aromatic heterocycles. The smallest absolute Gasteiger partial charge is 0.251 e. The maximum absolute atomic E-state index is 12.8. The molecule has 0 radical (unpaired) electrons. The van der Waals surface area contributed by atoms with Gasteiger partial charge in [0.1, 0.15) is 11.6 Å². The molecular weight excluding hydrogens is 468 g/mol. The second-order valence-electron chi connectivity index (χ2n) is 8.96. The standard InChI is InChI=1S/C28H26N6O3/c29-25(36)21-11-1-3-13-23(21)32-26-22-12-2-4-14-24(22)33-28(34-26)31-18-8-5-7-17(15-18)27(37)30-19-9-6-10-20(35)16-19/h1-5,7-8,11-15,19H,6,9-10,16H2,(H2,29,36)(H,30,37)(H2,31,32,33,34). The van der Waals surface area contributed by atoms with Crippen molar-refractivity contribution in [2.75, 3.05) is 10.6 Å². The highest BCUT2D eigenvalue weighted by molar-refractivity contribution is 6.01. The maximum Gasteiger partial charge on any atom is 0.251 e. The number of hydrogen-bond acceptors (Lipinski definition) is 7. The van der Waals surface area contributed by atoms with E-state index in [0.717, 1.165) is 18.2 Å². The average molecular weight is 495 g/mol. The molecule has 0 saturated heterocycles. The second-order valence-corrected chi connectivity index (χ2v) is 8.96. The third-order valence-electron chi connectivity index (χ3n) is 6.25. The number of nitrogens with one attached hydrogen (secondary N) is 3. The number of carbonyl (C=O) groups excluding carboxylic acids is 3. The lowest BCUT2D eigenvalue weighted by Gasteiger charge is -2.22. The minimum Gasteiger partial charge on any atom is -0.366 e. The van der Waals surface area contributed by atoms with Crippen molar-refractivity contribution in [3.8, 4) is 0 Å². The summed E-state index contributed by atoms with van der Waals surface area (Å²) in [6, 6.07) is 21.3. The largest absolute Gasteiger partial charge is 0.366 e. The SMILES string of the molecule is NC(=O)c1ccccc1Nc1nc(Nc2cccc(C(=O)NC3CCCC(=O)C3)c2)nc2ccccc12. The molecule has 3 aromatic carbocycles. The quantitative estimate of drug-likeness (QED) is 0.297. The minimum absolute atomic E-state index is 0.133. The first kappa shape index (κ1) is 23.9. The summed E-state index contributed by atoms with van der Waals surface area (Å²) in [6.45, 7) is 0. The minimum atomic E-state index is -0.549. The van der Waals surface area contributed by atoms with Gasteiger partial charge in [0.2, 0.25) is 5.95 Å². The van der Waals surface area contributed by atoms with Gasteiger partial charge < -0.3 is 21.7 Å². The number of benzene rings is 3. The van der Waals surface area contributed by atoms with Crippen LogP contribution in [0.5, 0.6) is 0 Å². The Balaban J connectivity index is 1.41. The van der Waals surface area contributed by atoms with Crippen LogP contribution in [0.25, 0.3) is 10.9 Å². The van der Waals surface area contributed by atoms with Crippen molar-refractivity contribution >= 4 is 51.6 Å². The van der Waals surface area contributed by atoms with Gasteiger partial charge in [0.15, 0.2) is 0 Å². The van der Waals surface area contributed by atoms with Crippen LogP contribution in [0.4, 0.5) is 23.1 Å². The Bertz CT molecular complexity index is 1500. The van der Waals surface area contributed by atoms with Crippen LogP contribution in [-0.2, 0) is 4.79 Å². The van der Waals surface area contributed by atoms with Gasteiger partial charge in [-0.05, 0) is 55.3 Å². The van der Waals surface area contributed by atoms with E-state index in [2.05, 4.69) is 25.9 Å². The van der Waals surface area contributed by atoms with Gasteiger partial charge in [-0.25, -0.2) is 4.98 Å². The number of carbonyl (C=O) groups is 3. The molecule has 1 atom stereocenters. The molecule has 1 saturated carbocycles. The van der Waals surface area contributed by atoms with Crippen molar-refractivity contribution in [3.05, 3.63) is 83.9 Å². The number of Topliss-reactive ketones (excluding diaryl/α,β-unsaturated/α-hetero) is 1. The van der Waals surface area contributed by atoms with E-state index in [1.54, 1.807) is 42.5 Å². The molecular formula is C28H26N6O3. The summed E-state index contributed by atoms with van der Waals surface area (Å²) in [6.07, 6.45) is 2.56. The van der Waals surface area contributed by atoms with Crippen molar-refractivity contribution in [2.24, 2.45) is 5.73 Å². The fourth-order valence-electron chi connectivity index (χ4n) is 4.45. The van der Waals surface area contributed by atoms with E-state index in [9.17, 15) is 14.4 Å². The number of hydrogen-bond donors (Lipinski definition) is 4. The second kappa shape index (κ2) is 10.4. The summed E-state index contributed by atoms with van der Waals surface area (Å²) in [7, 11) is 0. The maximum atomic E-state index is 12.8. The topological polar surface area (TPSA) is 139 Å². The molecule has 9 nitrogen and oxygen atoms in total. The highest BCUT2D eigenvalue weighted by Crippen LogP contribution is 2.28. The molecule has 186 valence electrons. The van der Waals surface area contributed by atoms with Crippen LogP contribution in [0.3, 0.4) is 0 Å². The summed E-state index contributed by atoms with van der Waals surface area (Å²) in [4.78, 5) is 45.7. The molecule has 0 aliphatic heterocycles. The number of nitrogens with zero attached hydrogens (tertiary/aromatic N) is 2. The summed E-state index contributed by atoms with van der Waals surface area (Å²) in [5.74, 6) is 0.217. The van der Waals surface area contributed by atoms with Crippen LogP contribution in [0.15, 0.2) is 72.8 Å². The molecule has 2 amide bonds. The zero-order valence-corrected chi connectivity index (χ0v) is 20.0. The van der Waals surface area contributed by atoms with E-state index in [0.29, 0.717) is 52.6 Å². The van der Waals surface area contributed by atoms with Gasteiger partial charge in [-0.2, -0.15) is 4.98 Å². The molecule has 1 heterocycles. The van der Waals surface area contributed by atoms with E-state index in [4.69, 9.17) is 5.73 Å². The number of amides is 2. The van der Waals surface area contributed by atoms with E-state index < -0.39 is 5.91 Å². The zero-order valence-electron chi connectivity index (χ0n) is 20.0. The van der Waals surface area contributed by atoms with Gasteiger partial charge >= 0.3 is 0 Å². The van der Waals surface area contributed by atoms with Crippen molar-refractivity contribution in [3.63, 3.8) is 0 Å². The fraction of sp³-hybridized carbons (Fsp3) is 0.179. The highest BCUT2D eigenvalue weighted by Gasteiger charge is 2.21. The normalized spacial score (nSPS) is 15.2. The van der Waals surface area contributed by atoms with Crippen LogP contribution in [0.2, 0.25) is 0 Å². The highest BCUT2D eigenvalue weighted by atomic mass is 16.2. The first-order valence-electron chi connectivity index (χ1n) is 12.1. The molecule has 1 fully saturated rings.